The molecular formula is C20H23N5O4S2. The van der Waals surface area contributed by atoms with E-state index in [0.29, 0.717) is 30.0 Å². The Morgan fingerprint density at radius 1 is 1.29 bits per heavy atom. The van der Waals surface area contributed by atoms with Gasteiger partial charge in [0.1, 0.15) is 12.7 Å². The molecule has 1 aliphatic heterocycles. The second-order valence-electron chi connectivity index (χ2n) is 6.97. The van der Waals surface area contributed by atoms with Crippen molar-refractivity contribution in [2.24, 2.45) is 0 Å². The summed E-state index contributed by atoms with van der Waals surface area (Å²) in [7, 11) is -3.56. The molecule has 0 radical (unpaired) electrons. The number of rotatable bonds is 7. The summed E-state index contributed by atoms with van der Waals surface area (Å²) in [6.07, 6.45) is 3.08. The van der Waals surface area contributed by atoms with Gasteiger partial charge in [0.05, 0.1) is 6.61 Å². The summed E-state index contributed by atoms with van der Waals surface area (Å²) in [6, 6.07) is 11.1. The van der Waals surface area contributed by atoms with Crippen LogP contribution in [-0.2, 0) is 14.8 Å². The van der Waals surface area contributed by atoms with E-state index >= 15 is 0 Å². The molecule has 1 fully saturated rings. The Labute approximate surface area is 185 Å². The highest BCUT2D eigenvalue weighted by atomic mass is 32.2. The highest BCUT2D eigenvalue weighted by Gasteiger charge is 2.28. The van der Waals surface area contributed by atoms with Crippen LogP contribution in [0.1, 0.15) is 11.3 Å². The molecule has 1 saturated heterocycles. The van der Waals surface area contributed by atoms with Gasteiger partial charge in [-0.05, 0) is 24.8 Å². The highest BCUT2D eigenvalue weighted by Crippen LogP contribution is 2.19. The largest absolute Gasteiger partial charge is 0.475 e. The molecule has 0 bridgehead atoms. The van der Waals surface area contributed by atoms with Gasteiger partial charge < -0.3 is 9.47 Å². The monoisotopic (exact) mass is 461 g/mol. The Balaban J connectivity index is 1.43. The predicted molar refractivity (Wildman–Crippen MR) is 119 cm³/mol. The molecule has 0 N–H and O–H groups in total. The number of nitrogens with zero attached hydrogens (tertiary/aromatic N) is 5. The maximum Gasteiger partial charge on any atom is 0.256 e. The van der Waals surface area contributed by atoms with E-state index in [-0.39, 0.29) is 13.2 Å². The van der Waals surface area contributed by atoms with Crippen LogP contribution in [0.5, 0.6) is 5.88 Å². The summed E-state index contributed by atoms with van der Waals surface area (Å²) < 4.78 is 40.1. The lowest BCUT2D eigenvalue weighted by Gasteiger charge is -2.31. The summed E-state index contributed by atoms with van der Waals surface area (Å²) in [5, 5.41) is 6.20. The zero-order valence-electron chi connectivity index (χ0n) is 17.2. The van der Waals surface area contributed by atoms with Gasteiger partial charge in [0.25, 0.3) is 5.78 Å². The quantitative estimate of drug-likeness (QED) is 0.494. The lowest BCUT2D eigenvalue weighted by Crippen LogP contribution is -2.47. The molecule has 164 valence electrons. The molecule has 3 aromatic rings. The van der Waals surface area contributed by atoms with Crippen molar-refractivity contribution in [2.75, 3.05) is 32.6 Å². The van der Waals surface area contributed by atoms with Gasteiger partial charge in [0.2, 0.25) is 21.1 Å². The SMILES string of the molecule is CSc1nc2nc(C)cc(OCC3CN(S(=O)(=O)/C=C/c4ccccc4)CCO3)n2n1. The second-order valence-corrected chi connectivity index (χ2v) is 9.56. The molecule has 1 unspecified atom stereocenters. The van der Waals surface area contributed by atoms with Crippen LogP contribution in [0.25, 0.3) is 11.9 Å². The minimum Gasteiger partial charge on any atom is -0.475 e. The number of aromatic nitrogens is 4. The van der Waals surface area contributed by atoms with Crippen molar-refractivity contribution in [2.45, 2.75) is 18.2 Å². The van der Waals surface area contributed by atoms with E-state index in [2.05, 4.69) is 15.1 Å². The molecule has 11 heteroatoms. The fraction of sp³-hybridized carbons (Fsp3) is 0.350. The van der Waals surface area contributed by atoms with Crippen molar-refractivity contribution in [3.8, 4) is 5.88 Å². The van der Waals surface area contributed by atoms with Crippen LogP contribution in [0.3, 0.4) is 0 Å². The molecule has 1 atom stereocenters. The Kier molecular flexibility index (Phi) is 6.56. The lowest BCUT2D eigenvalue weighted by atomic mass is 10.2. The molecule has 0 saturated carbocycles. The van der Waals surface area contributed by atoms with Crippen molar-refractivity contribution >= 4 is 33.6 Å². The van der Waals surface area contributed by atoms with Gasteiger partial charge >= 0.3 is 0 Å². The molecule has 0 aliphatic carbocycles. The number of morpholine rings is 1. The molecule has 3 heterocycles. The van der Waals surface area contributed by atoms with Crippen molar-refractivity contribution < 1.29 is 17.9 Å². The molecule has 2 aromatic heterocycles. The Bertz CT molecular complexity index is 1180. The Hall–Kier alpha value is -2.47. The van der Waals surface area contributed by atoms with E-state index in [0.717, 1.165) is 11.3 Å². The molecular weight excluding hydrogens is 438 g/mol. The van der Waals surface area contributed by atoms with Crippen LogP contribution in [0.2, 0.25) is 0 Å². The zero-order chi connectivity index (χ0) is 21.8. The summed E-state index contributed by atoms with van der Waals surface area (Å²) >= 11 is 1.42. The van der Waals surface area contributed by atoms with E-state index in [9.17, 15) is 8.42 Å². The average Bonchev–Trinajstić information content (AvgIpc) is 3.20. The smallest absolute Gasteiger partial charge is 0.256 e. The third-order valence-electron chi connectivity index (χ3n) is 4.68. The predicted octanol–water partition coefficient (Wildman–Crippen LogP) is 2.23. The topological polar surface area (TPSA) is 98.9 Å². The maximum absolute atomic E-state index is 12.7. The third kappa shape index (κ3) is 5.24. The summed E-state index contributed by atoms with van der Waals surface area (Å²) in [4.78, 5) is 8.69. The summed E-state index contributed by atoms with van der Waals surface area (Å²) in [5.41, 5.74) is 1.58. The van der Waals surface area contributed by atoms with Gasteiger partial charge in [0, 0.05) is 30.3 Å². The first-order valence-electron chi connectivity index (χ1n) is 9.71. The minimum absolute atomic E-state index is 0.182. The third-order valence-corrected chi connectivity index (χ3v) is 6.75. The standard InChI is InChI=1S/C20H23N5O4S2/c1-15-12-18(25-19(21-15)22-20(23-25)30-2)29-14-17-13-24(9-10-28-17)31(26,27)11-8-16-6-4-3-5-7-16/h3-8,11-12,17H,9-10,13-14H2,1-2H3/b11-8+. The van der Waals surface area contributed by atoms with Crippen molar-refractivity contribution in [3.63, 3.8) is 0 Å². The van der Waals surface area contributed by atoms with Crippen LogP contribution in [-0.4, -0.2) is 71.0 Å². The molecule has 31 heavy (non-hydrogen) atoms. The van der Waals surface area contributed by atoms with Gasteiger partial charge in [-0.25, -0.2) is 13.4 Å². The van der Waals surface area contributed by atoms with Gasteiger partial charge in [-0.1, -0.05) is 42.1 Å². The van der Waals surface area contributed by atoms with E-state index < -0.39 is 16.1 Å². The number of hydrogen-bond donors (Lipinski definition) is 0. The first kappa shape index (κ1) is 21.8. The molecule has 9 nitrogen and oxygen atoms in total. The van der Waals surface area contributed by atoms with Crippen LogP contribution < -0.4 is 4.74 Å². The van der Waals surface area contributed by atoms with Crippen molar-refractivity contribution in [1.82, 2.24) is 23.9 Å². The first-order valence-corrected chi connectivity index (χ1v) is 12.4. The molecule has 1 aromatic carbocycles. The fourth-order valence-corrected chi connectivity index (χ4v) is 4.68. The lowest BCUT2D eigenvalue weighted by molar-refractivity contribution is -0.0257. The van der Waals surface area contributed by atoms with Gasteiger partial charge in [-0.15, -0.1) is 5.10 Å². The maximum atomic E-state index is 12.7. The van der Waals surface area contributed by atoms with E-state index in [1.165, 1.54) is 21.5 Å². The van der Waals surface area contributed by atoms with Gasteiger partial charge in [-0.2, -0.15) is 13.8 Å². The Morgan fingerprint density at radius 2 is 2.10 bits per heavy atom. The molecule has 4 rings (SSSR count). The number of hydrogen-bond acceptors (Lipinski definition) is 8. The number of fused-ring (bicyclic) bond motifs is 1. The van der Waals surface area contributed by atoms with E-state index in [4.69, 9.17) is 9.47 Å². The first-order chi connectivity index (χ1) is 14.9. The van der Waals surface area contributed by atoms with Crippen LogP contribution in [0, 0.1) is 6.92 Å². The summed E-state index contributed by atoms with van der Waals surface area (Å²) in [5.74, 6) is 0.946. The van der Waals surface area contributed by atoms with Crippen LogP contribution >= 0.6 is 11.8 Å². The fourth-order valence-electron chi connectivity index (χ4n) is 3.14. The van der Waals surface area contributed by atoms with Gasteiger partial charge in [0.15, 0.2) is 0 Å². The number of sulfonamides is 1. The average molecular weight is 462 g/mol. The van der Waals surface area contributed by atoms with Gasteiger partial charge in [-0.3, -0.25) is 0 Å². The van der Waals surface area contributed by atoms with Crippen LogP contribution in [0.15, 0.2) is 47.0 Å². The van der Waals surface area contributed by atoms with Crippen molar-refractivity contribution in [1.29, 1.82) is 0 Å². The normalized spacial score (nSPS) is 18.1. The summed E-state index contributed by atoms with van der Waals surface area (Å²) in [6.45, 7) is 2.85. The van der Waals surface area contributed by atoms with E-state index in [1.54, 1.807) is 16.7 Å². The Morgan fingerprint density at radius 3 is 2.87 bits per heavy atom. The molecule has 0 amide bonds. The number of aryl methyl sites for hydroxylation is 1. The number of ether oxygens (including phenoxy) is 2. The van der Waals surface area contributed by atoms with E-state index in [1.807, 2.05) is 43.5 Å². The molecule has 0 spiro atoms. The highest BCUT2D eigenvalue weighted by molar-refractivity contribution is 7.98. The number of benzene rings is 1. The molecule has 1 aliphatic rings. The van der Waals surface area contributed by atoms with Crippen molar-refractivity contribution in [3.05, 3.63) is 53.1 Å². The number of thioether (sulfide) groups is 1. The second kappa shape index (κ2) is 9.35. The van der Waals surface area contributed by atoms with Crippen LogP contribution in [0.4, 0.5) is 0 Å². The minimum atomic E-state index is -3.56. The zero-order valence-corrected chi connectivity index (χ0v) is 18.8.